The second-order valence-corrected chi connectivity index (χ2v) is 5.49. The Hall–Kier alpha value is -0.320. The monoisotopic (exact) mass is 292 g/mol. The molecule has 4 N–H and O–H groups in total. The molecule has 0 amide bonds. The van der Waals surface area contributed by atoms with Gasteiger partial charge in [-0.2, -0.15) is 0 Å². The number of aliphatic hydroxyl groups is 4. The lowest BCUT2D eigenvalue weighted by atomic mass is 10.1. The standard InChI is InChI=1S/2C6H10O4/c2*7-5-4-1-3(2-9-4)10-6(5)8/h2*3-8H,1-2H2/t2*3?,4-,5?,6+/m11/s1. The average molecular weight is 292 g/mol. The van der Waals surface area contributed by atoms with Gasteiger partial charge in [0.05, 0.1) is 37.6 Å². The third-order valence-corrected chi connectivity index (χ3v) is 3.99. The second kappa shape index (κ2) is 5.82. The van der Waals surface area contributed by atoms with Gasteiger partial charge in [0.1, 0.15) is 12.2 Å². The van der Waals surface area contributed by atoms with Crippen LogP contribution in [0.4, 0.5) is 0 Å². The zero-order chi connectivity index (χ0) is 14.3. The highest BCUT2D eigenvalue weighted by atomic mass is 16.7. The Morgan fingerprint density at radius 3 is 1.45 bits per heavy atom. The van der Waals surface area contributed by atoms with E-state index in [0.717, 1.165) is 0 Å². The molecule has 4 unspecified atom stereocenters. The average Bonchev–Trinajstić information content (AvgIpc) is 3.01. The maximum Gasteiger partial charge on any atom is 0.183 e. The summed E-state index contributed by atoms with van der Waals surface area (Å²) in [6.07, 6.45) is -2.86. The van der Waals surface area contributed by atoms with E-state index in [1.54, 1.807) is 0 Å². The summed E-state index contributed by atoms with van der Waals surface area (Å²) in [5.74, 6) is 0. The molecule has 8 atom stereocenters. The molecule has 0 aromatic rings. The Labute approximate surface area is 115 Å². The number of hydrogen-bond donors (Lipinski definition) is 4. The Morgan fingerprint density at radius 1 is 0.650 bits per heavy atom. The fourth-order valence-electron chi connectivity index (χ4n) is 2.84. The van der Waals surface area contributed by atoms with Gasteiger partial charge in [0, 0.05) is 12.8 Å². The molecule has 20 heavy (non-hydrogen) atoms. The van der Waals surface area contributed by atoms with Crippen LogP contribution in [-0.4, -0.2) is 82.8 Å². The lowest BCUT2D eigenvalue weighted by Gasteiger charge is -2.27. The molecule has 0 aliphatic carbocycles. The van der Waals surface area contributed by atoms with Crippen LogP contribution in [0, 0.1) is 0 Å². The van der Waals surface area contributed by atoms with Crippen LogP contribution in [0.3, 0.4) is 0 Å². The predicted octanol–water partition coefficient (Wildman–Crippen LogP) is -2.29. The van der Waals surface area contributed by atoms with Gasteiger partial charge in [-0.3, -0.25) is 0 Å². The van der Waals surface area contributed by atoms with E-state index in [-0.39, 0.29) is 24.4 Å². The van der Waals surface area contributed by atoms with Crippen LogP contribution in [0.15, 0.2) is 0 Å². The van der Waals surface area contributed by atoms with Crippen molar-refractivity contribution < 1.29 is 39.4 Å². The van der Waals surface area contributed by atoms with E-state index in [9.17, 15) is 0 Å². The minimum atomic E-state index is -1.05. The van der Waals surface area contributed by atoms with Crippen molar-refractivity contribution in [1.82, 2.24) is 0 Å². The van der Waals surface area contributed by atoms with E-state index in [1.807, 2.05) is 0 Å². The lowest BCUT2D eigenvalue weighted by molar-refractivity contribution is -0.211. The van der Waals surface area contributed by atoms with Crippen LogP contribution in [-0.2, 0) is 18.9 Å². The molecule has 116 valence electrons. The summed E-state index contributed by atoms with van der Waals surface area (Å²) in [6.45, 7) is 0.998. The van der Waals surface area contributed by atoms with Crippen LogP contribution in [0.5, 0.6) is 0 Å². The van der Waals surface area contributed by atoms with Gasteiger partial charge in [-0.05, 0) is 0 Å². The first-order valence-electron chi connectivity index (χ1n) is 6.81. The number of hydrogen-bond acceptors (Lipinski definition) is 8. The highest BCUT2D eigenvalue weighted by molar-refractivity contribution is 4.87. The fraction of sp³-hybridized carbons (Fsp3) is 1.00. The van der Waals surface area contributed by atoms with Gasteiger partial charge in [0.25, 0.3) is 0 Å². The molecule has 8 nitrogen and oxygen atoms in total. The highest BCUT2D eigenvalue weighted by Crippen LogP contribution is 2.28. The minimum Gasteiger partial charge on any atom is -0.385 e. The maximum absolute atomic E-state index is 9.16. The van der Waals surface area contributed by atoms with Crippen molar-refractivity contribution >= 4 is 0 Å². The second-order valence-electron chi connectivity index (χ2n) is 5.49. The molecule has 0 saturated carbocycles. The van der Waals surface area contributed by atoms with Crippen molar-refractivity contribution in [2.75, 3.05) is 13.2 Å². The first kappa shape index (κ1) is 14.6. The van der Waals surface area contributed by atoms with E-state index in [1.165, 1.54) is 0 Å². The first-order valence-corrected chi connectivity index (χ1v) is 6.81. The van der Waals surface area contributed by atoms with Crippen LogP contribution >= 0.6 is 0 Å². The number of rotatable bonds is 0. The summed E-state index contributed by atoms with van der Waals surface area (Å²) in [4.78, 5) is 0. The predicted molar refractivity (Wildman–Crippen MR) is 62.5 cm³/mol. The summed E-state index contributed by atoms with van der Waals surface area (Å²) >= 11 is 0. The molecule has 4 heterocycles. The molecule has 0 aromatic heterocycles. The zero-order valence-electron chi connectivity index (χ0n) is 10.9. The van der Waals surface area contributed by atoms with Gasteiger partial charge in [-0.1, -0.05) is 0 Å². The van der Waals surface area contributed by atoms with Gasteiger partial charge < -0.3 is 39.4 Å². The summed E-state index contributed by atoms with van der Waals surface area (Å²) < 4.78 is 20.2. The Bertz CT molecular complexity index is 307. The van der Waals surface area contributed by atoms with Crippen molar-refractivity contribution in [2.45, 2.75) is 62.0 Å². The van der Waals surface area contributed by atoms with Crippen molar-refractivity contribution in [1.29, 1.82) is 0 Å². The molecule has 8 heteroatoms. The molecule has 4 bridgehead atoms. The normalized spacial score (nSPS) is 53.4. The smallest absolute Gasteiger partial charge is 0.183 e. The quantitative estimate of drug-likeness (QED) is 0.394. The summed E-state index contributed by atoms with van der Waals surface area (Å²) in [5.41, 5.74) is 0. The largest absolute Gasteiger partial charge is 0.385 e. The molecule has 4 aliphatic heterocycles. The molecule has 0 aromatic carbocycles. The summed E-state index contributed by atoms with van der Waals surface area (Å²) in [7, 11) is 0. The molecular formula is C12H20O8. The molecular weight excluding hydrogens is 272 g/mol. The van der Waals surface area contributed by atoms with Gasteiger partial charge in [0.2, 0.25) is 0 Å². The zero-order valence-corrected chi connectivity index (χ0v) is 10.9. The third-order valence-electron chi connectivity index (χ3n) is 3.99. The number of ether oxygens (including phenoxy) is 4. The first-order chi connectivity index (χ1) is 9.54. The van der Waals surface area contributed by atoms with E-state index < -0.39 is 24.8 Å². The van der Waals surface area contributed by atoms with Gasteiger partial charge in [-0.25, -0.2) is 0 Å². The molecule has 4 fully saturated rings. The fourth-order valence-corrected chi connectivity index (χ4v) is 2.84. The van der Waals surface area contributed by atoms with Crippen LogP contribution in [0.1, 0.15) is 12.8 Å². The number of fused-ring (bicyclic) bond motifs is 4. The van der Waals surface area contributed by atoms with Crippen molar-refractivity contribution in [3.63, 3.8) is 0 Å². The van der Waals surface area contributed by atoms with E-state index in [4.69, 9.17) is 39.4 Å². The van der Waals surface area contributed by atoms with Crippen LogP contribution in [0.25, 0.3) is 0 Å². The lowest BCUT2D eigenvalue weighted by Crippen LogP contribution is -2.43. The minimum absolute atomic E-state index is 0.0107. The van der Waals surface area contributed by atoms with Crippen molar-refractivity contribution in [3.05, 3.63) is 0 Å². The van der Waals surface area contributed by atoms with E-state index >= 15 is 0 Å². The summed E-state index contributed by atoms with van der Waals surface area (Å²) in [6, 6.07) is 0. The van der Waals surface area contributed by atoms with Crippen molar-refractivity contribution in [3.8, 4) is 0 Å². The van der Waals surface area contributed by atoms with Crippen molar-refractivity contribution in [2.24, 2.45) is 0 Å². The number of aliphatic hydroxyl groups excluding tert-OH is 4. The van der Waals surface area contributed by atoms with Gasteiger partial charge in [0.15, 0.2) is 12.6 Å². The maximum atomic E-state index is 9.16. The van der Waals surface area contributed by atoms with Gasteiger partial charge >= 0.3 is 0 Å². The molecule has 0 radical (unpaired) electrons. The Kier molecular flexibility index (Phi) is 4.25. The molecule has 4 saturated heterocycles. The summed E-state index contributed by atoms with van der Waals surface area (Å²) in [5, 5.41) is 36.3. The Morgan fingerprint density at radius 2 is 1.05 bits per heavy atom. The molecule has 4 aliphatic rings. The Balaban J connectivity index is 0.000000121. The van der Waals surface area contributed by atoms with Crippen LogP contribution < -0.4 is 0 Å². The SMILES string of the molecule is OC1[C@@H](O)OC2CO[C@@H]1C2.OC1[C@@H](O)OC2CO[C@@H]1C2. The van der Waals surface area contributed by atoms with Gasteiger partial charge in [-0.15, -0.1) is 0 Å². The van der Waals surface area contributed by atoms with E-state index in [0.29, 0.717) is 26.1 Å². The third kappa shape index (κ3) is 2.83. The van der Waals surface area contributed by atoms with E-state index in [2.05, 4.69) is 0 Å². The molecule has 4 rings (SSSR count). The molecule has 0 spiro atoms. The van der Waals surface area contributed by atoms with Crippen LogP contribution in [0.2, 0.25) is 0 Å². The highest BCUT2D eigenvalue weighted by Gasteiger charge is 2.43. The topological polar surface area (TPSA) is 118 Å².